The number of hydrogen-bond donors (Lipinski definition) is 3. The van der Waals surface area contributed by atoms with E-state index in [4.69, 9.17) is 14.2 Å². The number of amides is 3. The second kappa shape index (κ2) is 44.6. The van der Waals surface area contributed by atoms with E-state index in [1.807, 2.05) is 0 Å². The predicted molar refractivity (Wildman–Crippen MR) is 258 cm³/mol. The molecule has 9 nitrogen and oxygen atoms in total. The second-order valence-corrected chi connectivity index (χ2v) is 19.2. The molecule has 0 aliphatic carbocycles. The van der Waals surface area contributed by atoms with Gasteiger partial charge in [-0.1, -0.05) is 214 Å². The number of ether oxygens (including phenoxy) is 3. The Hall–Kier alpha value is -2.03. The zero-order valence-electron chi connectivity index (χ0n) is 41.4. The van der Waals surface area contributed by atoms with Crippen molar-refractivity contribution in [2.75, 3.05) is 32.9 Å². The molecule has 0 saturated carbocycles. The summed E-state index contributed by atoms with van der Waals surface area (Å²) in [5.74, 6) is 0.490. The van der Waals surface area contributed by atoms with Gasteiger partial charge < -0.3 is 30.2 Å². The smallest absolute Gasteiger partial charge is 0.407 e. The highest BCUT2D eigenvalue weighted by atomic mass is 16.6. The maximum Gasteiger partial charge on any atom is 0.407 e. The lowest BCUT2D eigenvalue weighted by molar-refractivity contribution is -0.122. The van der Waals surface area contributed by atoms with Crippen LogP contribution >= 0.6 is 0 Å². The van der Waals surface area contributed by atoms with Gasteiger partial charge in [-0.15, -0.1) is 0 Å². The molecule has 0 saturated heterocycles. The average molecular weight is 866 g/mol. The molecule has 1 unspecified atom stereocenters. The number of hydrogen-bond acceptors (Lipinski definition) is 6. The first-order chi connectivity index (χ1) is 29.6. The third-order valence-electron chi connectivity index (χ3n) is 11.9. The van der Waals surface area contributed by atoms with E-state index in [1.54, 1.807) is 0 Å². The zero-order valence-corrected chi connectivity index (χ0v) is 41.4. The van der Waals surface area contributed by atoms with Gasteiger partial charge in [0.2, 0.25) is 5.91 Å². The van der Waals surface area contributed by atoms with Crippen molar-refractivity contribution in [3.05, 3.63) is 0 Å². The van der Waals surface area contributed by atoms with Crippen molar-refractivity contribution >= 4 is 18.1 Å². The van der Waals surface area contributed by atoms with Gasteiger partial charge in [0, 0.05) is 26.1 Å². The van der Waals surface area contributed by atoms with Crippen molar-refractivity contribution < 1.29 is 28.6 Å². The summed E-state index contributed by atoms with van der Waals surface area (Å²) in [4.78, 5) is 38.0. The maximum atomic E-state index is 12.9. The molecule has 0 spiro atoms. The summed E-state index contributed by atoms with van der Waals surface area (Å²) < 4.78 is 17.0. The SMILES string of the molecule is CCCCCCCCCCCCCCCCCCNC(=O)OCC(COC(=O)NCCCC(C)(C)OCCC(C)C)NC(=O)CCCCCCCCCCCCCCCCC. The van der Waals surface area contributed by atoms with Crippen LogP contribution in [0.5, 0.6) is 0 Å². The molecule has 0 heterocycles. The molecule has 0 radical (unpaired) electrons. The van der Waals surface area contributed by atoms with Crippen molar-refractivity contribution in [1.29, 1.82) is 0 Å². The summed E-state index contributed by atoms with van der Waals surface area (Å²) in [6, 6.07) is -0.621. The number of carbonyl (C=O) groups excluding carboxylic acids is 3. The molecule has 0 rings (SSSR count). The van der Waals surface area contributed by atoms with E-state index >= 15 is 0 Å². The van der Waals surface area contributed by atoms with Crippen molar-refractivity contribution in [2.24, 2.45) is 5.92 Å². The fourth-order valence-corrected chi connectivity index (χ4v) is 7.75. The van der Waals surface area contributed by atoms with Crippen LogP contribution in [0.4, 0.5) is 9.59 Å². The van der Waals surface area contributed by atoms with E-state index in [0.717, 1.165) is 58.0 Å². The van der Waals surface area contributed by atoms with E-state index in [2.05, 4.69) is 57.5 Å². The standard InChI is InChI=1S/C52H103N3O6/c1-7-9-11-13-15-17-19-21-23-25-27-29-31-33-35-37-42-53-50(57)59-45-48(46-60-51(58)54-43-38-41-52(5,6)61-44-40-47(3)4)55-49(56)39-36-34-32-30-28-26-24-22-20-18-16-14-12-10-8-2/h47-48H,7-46H2,1-6H3,(H,53,57)(H,54,58)(H,55,56). The first-order valence-corrected chi connectivity index (χ1v) is 26.3. The Morgan fingerprint density at radius 2 is 0.820 bits per heavy atom. The topological polar surface area (TPSA) is 115 Å². The van der Waals surface area contributed by atoms with Crippen LogP contribution in [0.25, 0.3) is 0 Å². The molecule has 9 heteroatoms. The molecule has 0 aromatic heterocycles. The summed E-state index contributed by atoms with van der Waals surface area (Å²) in [5.41, 5.74) is -0.258. The van der Waals surface area contributed by atoms with Crippen molar-refractivity contribution in [3.8, 4) is 0 Å². The molecule has 0 bridgehead atoms. The Labute approximate surface area is 378 Å². The number of carbonyl (C=O) groups is 3. The zero-order chi connectivity index (χ0) is 44.9. The number of alkyl carbamates (subject to hydrolysis) is 2. The largest absolute Gasteiger partial charge is 0.447 e. The summed E-state index contributed by atoms with van der Waals surface area (Å²) >= 11 is 0. The van der Waals surface area contributed by atoms with Gasteiger partial charge in [0.15, 0.2) is 0 Å². The Bertz CT molecular complexity index is 977. The molecular weight excluding hydrogens is 763 g/mol. The van der Waals surface area contributed by atoms with E-state index in [0.29, 0.717) is 25.4 Å². The van der Waals surface area contributed by atoms with Crippen LogP contribution in [0, 0.1) is 5.92 Å². The van der Waals surface area contributed by atoms with Crippen LogP contribution < -0.4 is 16.0 Å². The molecule has 0 aromatic carbocycles. The van der Waals surface area contributed by atoms with Crippen LogP contribution in [-0.4, -0.2) is 62.6 Å². The van der Waals surface area contributed by atoms with Gasteiger partial charge in [-0.05, 0) is 51.9 Å². The van der Waals surface area contributed by atoms with E-state index in [9.17, 15) is 14.4 Å². The van der Waals surface area contributed by atoms with Gasteiger partial charge in [-0.25, -0.2) is 9.59 Å². The van der Waals surface area contributed by atoms with Gasteiger partial charge in [0.05, 0.1) is 11.6 Å². The highest BCUT2D eigenvalue weighted by Crippen LogP contribution is 2.18. The van der Waals surface area contributed by atoms with Gasteiger partial charge in [-0.3, -0.25) is 4.79 Å². The third kappa shape index (κ3) is 45.8. The van der Waals surface area contributed by atoms with Gasteiger partial charge in [0.1, 0.15) is 13.2 Å². The highest BCUT2D eigenvalue weighted by Gasteiger charge is 2.20. The van der Waals surface area contributed by atoms with Crippen LogP contribution in [-0.2, 0) is 19.0 Å². The summed E-state index contributed by atoms with van der Waals surface area (Å²) in [6.45, 7) is 14.7. The molecule has 61 heavy (non-hydrogen) atoms. The Morgan fingerprint density at radius 3 is 1.20 bits per heavy atom. The minimum atomic E-state index is -0.621. The van der Waals surface area contributed by atoms with Crippen molar-refractivity contribution in [3.63, 3.8) is 0 Å². The summed E-state index contributed by atoms with van der Waals surface area (Å²) in [7, 11) is 0. The molecule has 0 aliphatic heterocycles. The minimum Gasteiger partial charge on any atom is -0.447 e. The fourth-order valence-electron chi connectivity index (χ4n) is 7.75. The predicted octanol–water partition coefficient (Wildman–Crippen LogP) is 15.1. The van der Waals surface area contributed by atoms with Crippen LogP contribution in [0.3, 0.4) is 0 Å². The highest BCUT2D eigenvalue weighted by molar-refractivity contribution is 5.76. The van der Waals surface area contributed by atoms with Gasteiger partial charge in [0.25, 0.3) is 0 Å². The van der Waals surface area contributed by atoms with Crippen molar-refractivity contribution in [2.45, 2.75) is 278 Å². The summed E-state index contributed by atoms with van der Waals surface area (Å²) in [6.07, 6.45) is 42.0. The molecule has 3 amide bonds. The second-order valence-electron chi connectivity index (χ2n) is 19.2. The van der Waals surface area contributed by atoms with Crippen LogP contribution in [0.1, 0.15) is 266 Å². The van der Waals surface area contributed by atoms with Gasteiger partial charge in [-0.2, -0.15) is 0 Å². The van der Waals surface area contributed by atoms with Crippen LogP contribution in [0.15, 0.2) is 0 Å². The van der Waals surface area contributed by atoms with E-state index < -0.39 is 18.2 Å². The quantitative estimate of drug-likeness (QED) is 0.0525. The minimum absolute atomic E-state index is 0.0649. The summed E-state index contributed by atoms with van der Waals surface area (Å²) in [5, 5.41) is 8.61. The molecule has 0 fully saturated rings. The molecule has 0 aliphatic rings. The lowest BCUT2D eigenvalue weighted by Gasteiger charge is -2.26. The van der Waals surface area contributed by atoms with E-state index in [1.165, 1.54) is 167 Å². The number of nitrogens with one attached hydrogen (secondary N) is 3. The van der Waals surface area contributed by atoms with Gasteiger partial charge >= 0.3 is 12.2 Å². The molecule has 1 atom stereocenters. The van der Waals surface area contributed by atoms with Crippen LogP contribution in [0.2, 0.25) is 0 Å². The molecule has 362 valence electrons. The molecular formula is C52H103N3O6. The Kier molecular flexibility index (Phi) is 43.1. The fraction of sp³-hybridized carbons (Fsp3) is 0.942. The Balaban J connectivity index is 4.38. The maximum absolute atomic E-state index is 12.9. The first-order valence-electron chi connectivity index (χ1n) is 26.3. The van der Waals surface area contributed by atoms with E-state index in [-0.39, 0.29) is 24.7 Å². The lowest BCUT2D eigenvalue weighted by atomic mass is 10.0. The lowest BCUT2D eigenvalue weighted by Crippen LogP contribution is -2.44. The molecule has 0 aromatic rings. The normalized spacial score (nSPS) is 12.1. The monoisotopic (exact) mass is 866 g/mol. The number of rotatable bonds is 46. The average Bonchev–Trinajstić information content (AvgIpc) is 3.22. The Morgan fingerprint density at radius 1 is 0.475 bits per heavy atom. The molecule has 3 N–H and O–H groups in total. The first kappa shape index (κ1) is 59.0. The number of unbranched alkanes of at least 4 members (excludes halogenated alkanes) is 29. The van der Waals surface area contributed by atoms with Crippen molar-refractivity contribution in [1.82, 2.24) is 16.0 Å². The third-order valence-corrected chi connectivity index (χ3v) is 11.9.